The highest BCUT2D eigenvalue weighted by molar-refractivity contribution is 7.00. The molecule has 0 N–H and O–H groups in total. The van der Waals surface area contributed by atoms with Crippen LogP contribution in [-0.2, 0) is 16.2 Å². The van der Waals surface area contributed by atoms with Crippen LogP contribution in [-0.4, -0.2) is 6.71 Å². The van der Waals surface area contributed by atoms with Crippen molar-refractivity contribution in [3.63, 3.8) is 0 Å². The van der Waals surface area contributed by atoms with Crippen molar-refractivity contribution in [2.45, 2.75) is 78.6 Å². The first-order valence-corrected chi connectivity index (χ1v) is 29.2. The average Bonchev–Trinajstić information content (AvgIpc) is 3.87. The van der Waals surface area contributed by atoms with Gasteiger partial charge in [0.15, 0.2) is 0 Å². The van der Waals surface area contributed by atoms with E-state index < -0.39 is 0 Å². The summed E-state index contributed by atoms with van der Waals surface area (Å²) in [5.41, 5.74) is 30.3. The van der Waals surface area contributed by atoms with Gasteiger partial charge in [-0.05, 0) is 180 Å². The van der Waals surface area contributed by atoms with Crippen LogP contribution < -0.4 is 31.1 Å². The van der Waals surface area contributed by atoms with Gasteiger partial charge in [0.2, 0.25) is 0 Å². The second-order valence-electron chi connectivity index (χ2n) is 25.5. The van der Waals surface area contributed by atoms with Gasteiger partial charge in [0.25, 0.3) is 6.71 Å². The van der Waals surface area contributed by atoms with Gasteiger partial charge in [0.1, 0.15) is 0 Å². The second kappa shape index (κ2) is 19.3. The van der Waals surface area contributed by atoms with E-state index in [0.29, 0.717) is 0 Å². The highest BCUT2D eigenvalue weighted by Crippen LogP contribution is 2.55. The summed E-state index contributed by atoms with van der Waals surface area (Å²) < 4.78 is 0. The fraction of sp³-hybridized carbons (Fsp3) is 0.154. The minimum Gasteiger partial charge on any atom is -0.311 e. The standard InChI is InChI=1S/C78H68BN3/c1-51-45-73-75-74(46-51)82(71-50-67-65(49-64(71)55-25-17-12-18-26-55)63-27-19-20-28-66(63)78(67,8)9)72-48-62(80(59-38-32-57(33-39-59)76(2,3)4)60-40-34-58(35-41-60)77(5,6)7)42-43-68(72)79(75)69-47-56(53-23-15-11-16-24-53)31-44-70(69)81(73)61-36-29-54(30-37-61)52-21-13-10-14-22-52/h10-50H,1-9H3. The van der Waals surface area contributed by atoms with E-state index in [1.807, 2.05) is 0 Å². The summed E-state index contributed by atoms with van der Waals surface area (Å²) in [6.07, 6.45) is 0. The molecule has 3 nitrogen and oxygen atoms in total. The van der Waals surface area contributed by atoms with Gasteiger partial charge in [-0.2, -0.15) is 0 Å². The van der Waals surface area contributed by atoms with Gasteiger partial charge in [0.05, 0.1) is 5.69 Å². The maximum absolute atomic E-state index is 2.66. The molecule has 2 aliphatic heterocycles. The maximum atomic E-state index is 2.66. The maximum Gasteiger partial charge on any atom is 0.252 e. The molecule has 11 aromatic rings. The topological polar surface area (TPSA) is 9.72 Å². The Morgan fingerprint density at radius 3 is 1.46 bits per heavy atom. The molecule has 82 heavy (non-hydrogen) atoms. The van der Waals surface area contributed by atoms with Gasteiger partial charge >= 0.3 is 0 Å². The Kier molecular flexibility index (Phi) is 12.0. The van der Waals surface area contributed by atoms with E-state index in [-0.39, 0.29) is 23.0 Å². The quantitative estimate of drug-likeness (QED) is 0.140. The molecule has 0 saturated heterocycles. The van der Waals surface area contributed by atoms with Crippen molar-refractivity contribution in [2.24, 2.45) is 0 Å². The Bertz CT molecular complexity index is 4190. The van der Waals surface area contributed by atoms with Gasteiger partial charge in [-0.1, -0.05) is 225 Å². The zero-order valence-corrected chi connectivity index (χ0v) is 48.6. The van der Waals surface area contributed by atoms with E-state index in [1.165, 1.54) is 106 Å². The minimum absolute atomic E-state index is 0.00846. The molecule has 0 amide bonds. The van der Waals surface area contributed by atoms with Gasteiger partial charge in [-0.25, -0.2) is 0 Å². The monoisotopic (exact) mass is 1060 g/mol. The Morgan fingerprint density at radius 2 is 0.866 bits per heavy atom. The number of rotatable bonds is 8. The number of hydrogen-bond acceptors (Lipinski definition) is 3. The van der Waals surface area contributed by atoms with Crippen molar-refractivity contribution < 1.29 is 0 Å². The predicted molar refractivity (Wildman–Crippen MR) is 351 cm³/mol. The first kappa shape index (κ1) is 51.1. The summed E-state index contributed by atoms with van der Waals surface area (Å²) in [5.74, 6) is 0. The Morgan fingerprint density at radius 1 is 0.354 bits per heavy atom. The van der Waals surface area contributed by atoms with E-state index in [1.54, 1.807) is 0 Å². The zero-order chi connectivity index (χ0) is 56.2. The van der Waals surface area contributed by atoms with E-state index in [2.05, 4.69) is 326 Å². The number of benzene rings is 11. The van der Waals surface area contributed by atoms with Crippen molar-refractivity contribution in [3.05, 3.63) is 277 Å². The number of fused-ring (bicyclic) bond motifs is 7. The highest BCUT2D eigenvalue weighted by Gasteiger charge is 2.45. The lowest BCUT2D eigenvalue weighted by atomic mass is 9.33. The van der Waals surface area contributed by atoms with E-state index in [9.17, 15) is 0 Å². The van der Waals surface area contributed by atoms with Crippen LogP contribution in [0.5, 0.6) is 0 Å². The Labute approximate surface area is 485 Å². The number of hydrogen-bond donors (Lipinski definition) is 0. The molecule has 1 aliphatic carbocycles. The SMILES string of the molecule is Cc1cc2c3c(c1)N(c1cc4c(cc1-c1ccccc1)-c1ccccc1C4(C)C)c1cc(N(c4ccc(C(C)(C)C)cc4)c4ccc(C(C)(C)C)cc4)ccc1B3c1cc(-c3ccccc3)ccc1N2c1ccc(-c2ccccc2)cc1. The van der Waals surface area contributed by atoms with Crippen LogP contribution >= 0.6 is 0 Å². The first-order chi connectivity index (χ1) is 39.6. The minimum atomic E-state index is -0.240. The normalized spacial score (nSPS) is 13.7. The lowest BCUT2D eigenvalue weighted by Gasteiger charge is -2.45. The Balaban J connectivity index is 1.07. The molecule has 0 saturated carbocycles. The lowest BCUT2D eigenvalue weighted by Crippen LogP contribution is -2.61. The summed E-state index contributed by atoms with van der Waals surface area (Å²) in [5, 5.41) is 0. The molecule has 0 fully saturated rings. The molecule has 0 atom stereocenters. The number of aryl methyl sites for hydroxylation is 1. The molecule has 0 unspecified atom stereocenters. The third-order valence-corrected chi connectivity index (χ3v) is 17.8. The van der Waals surface area contributed by atoms with Crippen molar-refractivity contribution in [1.82, 2.24) is 0 Å². The molecule has 0 spiro atoms. The summed E-state index contributed by atoms with van der Waals surface area (Å²) in [7, 11) is 0. The zero-order valence-electron chi connectivity index (χ0n) is 48.6. The molecule has 14 rings (SSSR count). The first-order valence-electron chi connectivity index (χ1n) is 29.2. The van der Waals surface area contributed by atoms with Crippen molar-refractivity contribution in [1.29, 1.82) is 0 Å². The van der Waals surface area contributed by atoms with Crippen LogP contribution in [0.15, 0.2) is 249 Å². The molecular weight excluding hydrogens is 990 g/mol. The van der Waals surface area contributed by atoms with Crippen molar-refractivity contribution in [3.8, 4) is 44.5 Å². The van der Waals surface area contributed by atoms with E-state index >= 15 is 0 Å². The largest absolute Gasteiger partial charge is 0.311 e. The second-order valence-corrected chi connectivity index (χ2v) is 25.5. The molecule has 0 radical (unpaired) electrons. The number of anilines is 9. The molecule has 4 heteroatoms. The van der Waals surface area contributed by atoms with E-state index in [4.69, 9.17) is 0 Å². The van der Waals surface area contributed by atoms with Crippen LogP contribution in [0.25, 0.3) is 44.5 Å². The summed E-state index contributed by atoms with van der Waals surface area (Å²) >= 11 is 0. The fourth-order valence-electron chi connectivity index (χ4n) is 13.5. The van der Waals surface area contributed by atoms with Gasteiger partial charge in [-0.3, -0.25) is 0 Å². The Hall–Kier alpha value is -9.12. The van der Waals surface area contributed by atoms with Crippen LogP contribution in [0.3, 0.4) is 0 Å². The van der Waals surface area contributed by atoms with Crippen LogP contribution in [0.4, 0.5) is 51.2 Å². The lowest BCUT2D eigenvalue weighted by molar-refractivity contribution is 0.590. The molecule has 3 aliphatic rings. The number of nitrogens with zero attached hydrogens (tertiary/aromatic N) is 3. The van der Waals surface area contributed by atoms with Crippen LogP contribution in [0.1, 0.15) is 83.2 Å². The summed E-state index contributed by atoms with van der Waals surface area (Å²) in [6, 6.07) is 94.1. The molecule has 398 valence electrons. The van der Waals surface area contributed by atoms with Gasteiger partial charge in [0, 0.05) is 56.5 Å². The third kappa shape index (κ3) is 8.49. The average molecular weight is 1060 g/mol. The summed E-state index contributed by atoms with van der Waals surface area (Å²) in [6.45, 7) is 20.8. The van der Waals surface area contributed by atoms with E-state index in [0.717, 1.165) is 34.1 Å². The molecule has 0 bridgehead atoms. The van der Waals surface area contributed by atoms with Crippen molar-refractivity contribution >= 4 is 74.3 Å². The van der Waals surface area contributed by atoms with Crippen LogP contribution in [0.2, 0.25) is 0 Å². The summed E-state index contributed by atoms with van der Waals surface area (Å²) in [4.78, 5) is 7.68. The predicted octanol–water partition coefficient (Wildman–Crippen LogP) is 19.4. The third-order valence-electron chi connectivity index (χ3n) is 17.8. The molecule has 2 heterocycles. The molecule has 0 aromatic heterocycles. The van der Waals surface area contributed by atoms with Crippen molar-refractivity contribution in [2.75, 3.05) is 14.7 Å². The highest BCUT2D eigenvalue weighted by atomic mass is 15.2. The smallest absolute Gasteiger partial charge is 0.252 e. The van der Waals surface area contributed by atoms with Gasteiger partial charge < -0.3 is 14.7 Å². The van der Waals surface area contributed by atoms with Crippen LogP contribution in [0, 0.1) is 6.92 Å². The van der Waals surface area contributed by atoms with Gasteiger partial charge in [-0.15, -0.1) is 0 Å². The molecule has 11 aromatic carbocycles. The fourth-order valence-corrected chi connectivity index (χ4v) is 13.5. The molecular formula is C78H68BN3.